The van der Waals surface area contributed by atoms with E-state index in [9.17, 15) is 19.8 Å². The third-order valence-corrected chi connectivity index (χ3v) is 7.09. The summed E-state index contributed by atoms with van der Waals surface area (Å²) in [5.41, 5.74) is 0. The summed E-state index contributed by atoms with van der Waals surface area (Å²) in [6.45, 7) is 2.28. The van der Waals surface area contributed by atoms with Gasteiger partial charge in [0.25, 0.3) is 0 Å². The number of carbonyl (C=O) groups excluding carboxylic acids is 1. The molecule has 0 amide bonds. The van der Waals surface area contributed by atoms with Crippen molar-refractivity contribution in [2.45, 2.75) is 44.4 Å². The minimum atomic E-state index is -2.70. The second-order valence-corrected chi connectivity index (χ2v) is 9.39. The van der Waals surface area contributed by atoms with E-state index >= 15 is 0 Å². The molecule has 1 aromatic rings. The van der Waals surface area contributed by atoms with Crippen LogP contribution in [0.15, 0.2) is 0 Å². The van der Waals surface area contributed by atoms with Gasteiger partial charge in [-0.15, -0.1) is 5.10 Å². The first-order valence-electron chi connectivity index (χ1n) is 9.28. The van der Waals surface area contributed by atoms with Crippen LogP contribution in [0.2, 0.25) is 6.04 Å². The number of nitrogens with one attached hydrogen (secondary N) is 3. The molecule has 12 nitrogen and oxygen atoms in total. The molecular formula is C16H31N5O7Si. The Morgan fingerprint density at radius 3 is 2.45 bits per heavy atom. The Labute approximate surface area is 170 Å². The first kappa shape index (κ1) is 25.1. The lowest BCUT2D eigenvalue weighted by Crippen LogP contribution is -2.42. The van der Waals surface area contributed by atoms with Crippen LogP contribution in [0.4, 0.5) is 5.95 Å². The van der Waals surface area contributed by atoms with E-state index in [1.54, 1.807) is 6.92 Å². The minimum absolute atomic E-state index is 0.0269. The zero-order valence-corrected chi connectivity index (χ0v) is 18.2. The quantitative estimate of drug-likeness (QED) is 0.221. The van der Waals surface area contributed by atoms with Crippen molar-refractivity contribution < 1.29 is 33.1 Å². The second kappa shape index (κ2) is 12.6. The Hall–Kier alpha value is -1.90. The number of Topliss-reactive ketones (excluding diaryl/α,β-unsaturated/α-hetero) is 1. The van der Waals surface area contributed by atoms with Crippen molar-refractivity contribution >= 4 is 26.5 Å². The van der Waals surface area contributed by atoms with E-state index < -0.39 is 26.9 Å². The lowest BCUT2D eigenvalue weighted by molar-refractivity contribution is -0.139. The highest BCUT2D eigenvalue weighted by atomic mass is 28.4. The molecule has 0 spiro atoms. The Kier molecular flexibility index (Phi) is 10.9. The van der Waals surface area contributed by atoms with Crippen LogP contribution in [0.1, 0.15) is 38.1 Å². The molecular weight excluding hydrogens is 402 g/mol. The summed E-state index contributed by atoms with van der Waals surface area (Å²) in [4.78, 5) is 27.3. The standard InChI is InChI=1S/C16H31N5O7Si/c1-5-17-13(15(24)25)14-19-16(21-20-14)18-10-12(23)9-11(22)7-6-8-29(26-2,27-3)28-4/h12-13,17,23H,5-10H2,1-4H3,(H,24,25)(H2,18,19,20,21). The third kappa shape index (κ3) is 8.16. The number of nitrogens with zero attached hydrogens (tertiary/aromatic N) is 2. The number of aliphatic hydroxyl groups is 1. The average Bonchev–Trinajstić information content (AvgIpc) is 3.16. The van der Waals surface area contributed by atoms with E-state index in [4.69, 9.17) is 13.3 Å². The minimum Gasteiger partial charge on any atom is -0.480 e. The van der Waals surface area contributed by atoms with Crippen molar-refractivity contribution in [1.82, 2.24) is 20.5 Å². The maximum absolute atomic E-state index is 12.1. The maximum Gasteiger partial charge on any atom is 0.500 e. The summed E-state index contributed by atoms with van der Waals surface area (Å²) in [5.74, 6) is -0.886. The molecule has 5 N–H and O–H groups in total. The summed E-state index contributed by atoms with van der Waals surface area (Å²) in [6.07, 6.45) is -0.148. The van der Waals surface area contributed by atoms with Gasteiger partial charge in [0, 0.05) is 46.8 Å². The van der Waals surface area contributed by atoms with E-state index in [0.717, 1.165) is 0 Å². The molecule has 29 heavy (non-hydrogen) atoms. The predicted octanol–water partition coefficient (Wildman–Crippen LogP) is -0.0698. The van der Waals surface area contributed by atoms with Crippen LogP contribution in [0, 0.1) is 0 Å². The smallest absolute Gasteiger partial charge is 0.480 e. The number of hydrogen-bond acceptors (Lipinski definition) is 10. The molecule has 2 unspecified atom stereocenters. The van der Waals surface area contributed by atoms with Gasteiger partial charge in [0.15, 0.2) is 11.9 Å². The molecule has 0 radical (unpaired) electrons. The van der Waals surface area contributed by atoms with Crippen molar-refractivity contribution in [3.05, 3.63) is 5.82 Å². The number of aromatic amines is 1. The van der Waals surface area contributed by atoms with Gasteiger partial charge in [0.05, 0.1) is 6.10 Å². The lowest BCUT2D eigenvalue weighted by Gasteiger charge is -2.24. The SMILES string of the molecule is CCNC(C(=O)O)c1nc(NCC(O)CC(=O)CCC[Si](OC)(OC)OC)n[nH]1. The number of carboxylic acids is 1. The average molecular weight is 434 g/mol. The highest BCUT2D eigenvalue weighted by Crippen LogP contribution is 2.17. The Morgan fingerprint density at radius 1 is 1.24 bits per heavy atom. The number of aliphatic carboxylic acids is 1. The van der Waals surface area contributed by atoms with Crippen LogP contribution in [0.3, 0.4) is 0 Å². The topological polar surface area (TPSA) is 168 Å². The number of aliphatic hydroxyl groups excluding tert-OH is 1. The van der Waals surface area contributed by atoms with Gasteiger partial charge in [-0.05, 0) is 13.0 Å². The highest BCUT2D eigenvalue weighted by Gasteiger charge is 2.37. The molecule has 166 valence electrons. The summed E-state index contributed by atoms with van der Waals surface area (Å²) in [7, 11) is 1.85. The summed E-state index contributed by atoms with van der Waals surface area (Å²) in [6, 6.07) is -0.496. The molecule has 0 aliphatic heterocycles. The summed E-state index contributed by atoms with van der Waals surface area (Å²) >= 11 is 0. The largest absolute Gasteiger partial charge is 0.500 e. The Morgan fingerprint density at radius 2 is 1.90 bits per heavy atom. The van der Waals surface area contributed by atoms with Gasteiger partial charge >= 0.3 is 14.8 Å². The molecule has 0 fully saturated rings. The van der Waals surface area contributed by atoms with Crippen LogP contribution in [0.25, 0.3) is 0 Å². The van der Waals surface area contributed by atoms with Crippen LogP contribution < -0.4 is 10.6 Å². The number of carboxylic acid groups (broad SMARTS) is 1. The molecule has 0 saturated heterocycles. The molecule has 1 heterocycles. The lowest BCUT2D eigenvalue weighted by atomic mass is 10.1. The van der Waals surface area contributed by atoms with Gasteiger partial charge in [-0.1, -0.05) is 6.92 Å². The molecule has 0 aliphatic rings. The number of likely N-dealkylation sites (N-methyl/N-ethyl adjacent to an activating group) is 1. The molecule has 2 atom stereocenters. The fourth-order valence-electron chi connectivity index (χ4n) is 2.69. The van der Waals surface area contributed by atoms with E-state index in [1.165, 1.54) is 21.3 Å². The zero-order chi connectivity index (χ0) is 21.9. The molecule has 0 aliphatic carbocycles. The van der Waals surface area contributed by atoms with Crippen molar-refractivity contribution in [1.29, 1.82) is 0 Å². The van der Waals surface area contributed by atoms with Crippen LogP contribution in [-0.4, -0.2) is 86.5 Å². The van der Waals surface area contributed by atoms with Gasteiger partial charge in [-0.25, -0.2) is 0 Å². The highest BCUT2D eigenvalue weighted by molar-refractivity contribution is 6.60. The normalized spacial score (nSPS) is 13.8. The van der Waals surface area contributed by atoms with E-state index in [-0.39, 0.29) is 36.9 Å². The van der Waals surface area contributed by atoms with Crippen molar-refractivity contribution in [2.24, 2.45) is 0 Å². The van der Waals surface area contributed by atoms with E-state index in [0.29, 0.717) is 19.0 Å². The Balaban J connectivity index is 2.41. The first-order chi connectivity index (χ1) is 13.8. The van der Waals surface area contributed by atoms with Crippen molar-refractivity contribution in [3.63, 3.8) is 0 Å². The van der Waals surface area contributed by atoms with Crippen LogP contribution in [0.5, 0.6) is 0 Å². The number of anilines is 1. The molecule has 0 saturated carbocycles. The van der Waals surface area contributed by atoms with Gasteiger partial charge in [-0.2, -0.15) is 4.98 Å². The predicted molar refractivity (Wildman–Crippen MR) is 105 cm³/mol. The van der Waals surface area contributed by atoms with Crippen molar-refractivity contribution in [2.75, 3.05) is 39.7 Å². The first-order valence-corrected chi connectivity index (χ1v) is 11.2. The van der Waals surface area contributed by atoms with Crippen molar-refractivity contribution in [3.8, 4) is 0 Å². The number of H-pyrrole nitrogens is 1. The number of carbonyl (C=O) groups is 2. The molecule has 1 aromatic heterocycles. The number of rotatable bonds is 16. The zero-order valence-electron chi connectivity index (χ0n) is 17.2. The molecule has 0 aromatic carbocycles. The molecule has 13 heteroatoms. The fraction of sp³-hybridized carbons (Fsp3) is 0.750. The Bertz CT molecular complexity index is 633. The van der Waals surface area contributed by atoms with Gasteiger partial charge < -0.3 is 28.8 Å². The second-order valence-electron chi connectivity index (χ2n) is 6.30. The molecule has 1 rings (SSSR count). The van der Waals surface area contributed by atoms with Crippen LogP contribution in [-0.2, 0) is 22.9 Å². The summed E-state index contributed by atoms with van der Waals surface area (Å²) in [5, 5.41) is 31.2. The maximum atomic E-state index is 12.1. The van der Waals surface area contributed by atoms with E-state index in [2.05, 4.69) is 25.8 Å². The number of aromatic nitrogens is 3. The van der Waals surface area contributed by atoms with E-state index in [1.807, 2.05) is 0 Å². The van der Waals surface area contributed by atoms with Gasteiger partial charge in [-0.3, -0.25) is 20.0 Å². The fourth-order valence-corrected chi connectivity index (χ4v) is 4.41. The number of ketones is 1. The monoisotopic (exact) mass is 433 g/mol. The summed E-state index contributed by atoms with van der Waals surface area (Å²) < 4.78 is 15.9. The van der Waals surface area contributed by atoms with Gasteiger partial charge in [0.2, 0.25) is 5.95 Å². The van der Waals surface area contributed by atoms with Crippen LogP contribution >= 0.6 is 0 Å². The number of hydrogen-bond donors (Lipinski definition) is 5. The molecule has 0 bridgehead atoms. The van der Waals surface area contributed by atoms with Gasteiger partial charge in [0.1, 0.15) is 5.78 Å². The third-order valence-electron chi connectivity index (χ3n) is 4.26.